The standard InChI is InChI=1S/C19H26ClN7O4.CH4O3S/c20-16-18(22)27-17(21)15(26-16)19(30)23-11-25-24-8-2-1-3-12-4-6-14(7-5-12)31-10-13(29)9-28;1-5(2,3)4/h4-7,11,13,24,28-29H,1-3,8-10H2,(H4,21,22,27)(H,23,25,30);1H3,(H,2,3,4). The number of nitrogens with one attached hydrogen (secondary N) is 2. The number of anilines is 2. The van der Waals surface area contributed by atoms with Crippen LogP contribution in [0.5, 0.6) is 5.75 Å². The number of nitrogens with two attached hydrogens (primary N) is 2. The van der Waals surface area contributed by atoms with E-state index in [9.17, 15) is 18.3 Å². The fraction of sp³-hybridized carbons (Fsp3) is 0.400. The van der Waals surface area contributed by atoms with E-state index in [0.717, 1.165) is 24.8 Å². The molecule has 9 N–H and O–H groups in total. The lowest BCUT2D eigenvalue weighted by molar-refractivity contribution is 0.0536. The predicted molar refractivity (Wildman–Crippen MR) is 135 cm³/mol. The Labute approximate surface area is 213 Å². The van der Waals surface area contributed by atoms with Crippen LogP contribution in [0.2, 0.25) is 5.15 Å². The number of benzene rings is 1. The van der Waals surface area contributed by atoms with E-state index in [1.807, 2.05) is 24.3 Å². The van der Waals surface area contributed by atoms with Crippen molar-refractivity contribution in [3.63, 3.8) is 0 Å². The highest BCUT2D eigenvalue weighted by Crippen LogP contribution is 2.17. The van der Waals surface area contributed by atoms with Crippen molar-refractivity contribution in [3.05, 3.63) is 40.7 Å². The average Bonchev–Trinajstić information content (AvgIpc) is 2.81. The summed E-state index contributed by atoms with van der Waals surface area (Å²) in [6, 6.07) is 7.58. The van der Waals surface area contributed by atoms with Crippen LogP contribution in [0.1, 0.15) is 28.9 Å². The summed E-state index contributed by atoms with van der Waals surface area (Å²) >= 11 is 5.74. The van der Waals surface area contributed by atoms with Gasteiger partial charge >= 0.3 is 0 Å². The summed E-state index contributed by atoms with van der Waals surface area (Å²) in [5, 5.41) is 24.2. The number of aliphatic hydroxyl groups is 2. The number of halogens is 1. The molecule has 0 saturated carbocycles. The number of hydrazone groups is 1. The molecule has 0 aliphatic carbocycles. The lowest BCUT2D eigenvalue weighted by Crippen LogP contribution is -2.26. The van der Waals surface area contributed by atoms with Gasteiger partial charge in [-0.2, -0.15) is 13.5 Å². The molecule has 0 aliphatic rings. The Hall–Kier alpha value is -3.24. The van der Waals surface area contributed by atoms with Crippen molar-refractivity contribution in [1.29, 1.82) is 0 Å². The molecule has 0 aliphatic heterocycles. The van der Waals surface area contributed by atoms with E-state index in [0.29, 0.717) is 18.6 Å². The average molecular weight is 548 g/mol. The first-order chi connectivity index (χ1) is 16.9. The normalized spacial score (nSPS) is 11.9. The number of nitrogen functional groups attached to an aromatic ring is 2. The number of carbonyl (C=O) groups excluding carboxylic acids is 1. The zero-order chi connectivity index (χ0) is 27.1. The van der Waals surface area contributed by atoms with Crippen LogP contribution in [0.15, 0.2) is 29.4 Å². The number of amides is 1. The zero-order valence-corrected chi connectivity index (χ0v) is 21.0. The first-order valence-corrected chi connectivity index (χ1v) is 12.7. The van der Waals surface area contributed by atoms with Gasteiger partial charge in [0.15, 0.2) is 22.5 Å². The highest BCUT2D eigenvalue weighted by atomic mass is 35.5. The van der Waals surface area contributed by atoms with Crippen LogP contribution >= 0.6 is 11.6 Å². The van der Waals surface area contributed by atoms with E-state index in [2.05, 4.69) is 25.8 Å². The summed E-state index contributed by atoms with van der Waals surface area (Å²) in [5.41, 5.74) is 14.9. The second kappa shape index (κ2) is 15.7. The third kappa shape index (κ3) is 13.6. The molecule has 0 fully saturated rings. The van der Waals surface area contributed by atoms with Crippen molar-refractivity contribution in [2.75, 3.05) is 37.5 Å². The van der Waals surface area contributed by atoms with Gasteiger partial charge in [-0.05, 0) is 37.0 Å². The maximum Gasteiger partial charge on any atom is 0.278 e. The molecule has 1 unspecified atom stereocenters. The van der Waals surface area contributed by atoms with E-state index in [4.69, 9.17) is 37.5 Å². The van der Waals surface area contributed by atoms with Gasteiger partial charge in [0, 0.05) is 6.54 Å². The van der Waals surface area contributed by atoms with E-state index < -0.39 is 22.1 Å². The minimum atomic E-state index is -3.67. The number of rotatable bonds is 12. The first-order valence-electron chi connectivity index (χ1n) is 10.5. The first kappa shape index (κ1) is 30.8. The Kier molecular flexibility index (Phi) is 13.4. The number of aliphatic hydroxyl groups excluding tert-OH is 2. The van der Waals surface area contributed by atoms with Gasteiger partial charge in [-0.15, -0.1) is 0 Å². The monoisotopic (exact) mass is 547 g/mol. The van der Waals surface area contributed by atoms with Crippen LogP contribution in [0.4, 0.5) is 11.6 Å². The molecular weight excluding hydrogens is 518 g/mol. The van der Waals surface area contributed by atoms with Gasteiger partial charge < -0.3 is 37.2 Å². The van der Waals surface area contributed by atoms with Crippen molar-refractivity contribution >= 4 is 45.6 Å². The van der Waals surface area contributed by atoms with Crippen molar-refractivity contribution in [2.45, 2.75) is 25.4 Å². The fourth-order valence-corrected chi connectivity index (χ4v) is 2.54. The van der Waals surface area contributed by atoms with E-state index >= 15 is 0 Å². The van der Waals surface area contributed by atoms with E-state index in [1.165, 1.54) is 6.34 Å². The number of nitrogens with zero attached hydrogens (tertiary/aromatic N) is 3. The largest absolute Gasteiger partial charge is 0.491 e. The molecule has 2 aromatic rings. The Morgan fingerprint density at radius 1 is 1.22 bits per heavy atom. The van der Waals surface area contributed by atoms with Crippen LogP contribution in [0.25, 0.3) is 0 Å². The summed E-state index contributed by atoms with van der Waals surface area (Å²) in [6.45, 7) is 0.350. The van der Waals surface area contributed by atoms with Crippen LogP contribution in [0, 0.1) is 0 Å². The minimum absolute atomic E-state index is 0.0480. The molecule has 36 heavy (non-hydrogen) atoms. The van der Waals surface area contributed by atoms with Gasteiger partial charge in [-0.3, -0.25) is 9.35 Å². The van der Waals surface area contributed by atoms with Gasteiger partial charge in [0.25, 0.3) is 16.0 Å². The SMILES string of the molecule is CS(=O)(=O)O.Nc1nc(N)c(C(=O)N/C=N/NCCCCc2ccc(OCC(O)CO)cc2)nc1Cl. The summed E-state index contributed by atoms with van der Waals surface area (Å²) < 4.78 is 31.2. The van der Waals surface area contributed by atoms with Crippen molar-refractivity contribution < 1.29 is 32.7 Å². The molecule has 14 nitrogen and oxygen atoms in total. The molecule has 1 amide bonds. The van der Waals surface area contributed by atoms with Crippen LogP contribution in [-0.2, 0) is 16.5 Å². The molecule has 1 atom stereocenters. The Bertz CT molecular complexity index is 1090. The fourth-order valence-electron chi connectivity index (χ4n) is 2.41. The molecule has 1 aromatic heterocycles. The van der Waals surface area contributed by atoms with Crippen molar-refractivity contribution in [2.24, 2.45) is 5.10 Å². The molecule has 0 radical (unpaired) electrons. The predicted octanol–water partition coefficient (Wildman–Crippen LogP) is -0.184. The van der Waals surface area contributed by atoms with Gasteiger partial charge in [0.1, 0.15) is 24.8 Å². The Balaban J connectivity index is 0.00000118. The number of aromatic nitrogens is 2. The van der Waals surface area contributed by atoms with Crippen molar-refractivity contribution in [1.82, 2.24) is 20.7 Å². The van der Waals surface area contributed by atoms with Gasteiger partial charge in [-0.25, -0.2) is 9.97 Å². The minimum Gasteiger partial charge on any atom is -0.491 e. The lowest BCUT2D eigenvalue weighted by atomic mass is 10.1. The van der Waals surface area contributed by atoms with E-state index in [1.54, 1.807) is 0 Å². The van der Waals surface area contributed by atoms with Crippen LogP contribution < -0.4 is 26.9 Å². The zero-order valence-electron chi connectivity index (χ0n) is 19.5. The maximum atomic E-state index is 12.0. The summed E-state index contributed by atoms with van der Waals surface area (Å²) in [5.74, 6) is -0.129. The summed E-state index contributed by atoms with van der Waals surface area (Å²) in [7, 11) is -3.67. The second-order valence-electron chi connectivity index (χ2n) is 7.25. The summed E-state index contributed by atoms with van der Waals surface area (Å²) in [6.07, 6.45) is 3.73. The smallest absolute Gasteiger partial charge is 0.278 e. The number of unbranched alkanes of at least 4 members (excludes halogenated alkanes) is 1. The Morgan fingerprint density at radius 2 is 1.86 bits per heavy atom. The van der Waals surface area contributed by atoms with E-state index in [-0.39, 0.29) is 35.7 Å². The molecule has 0 bridgehead atoms. The Morgan fingerprint density at radius 3 is 2.47 bits per heavy atom. The third-order valence-corrected chi connectivity index (χ3v) is 4.33. The topological polar surface area (TPSA) is 235 Å². The third-order valence-electron chi connectivity index (χ3n) is 4.05. The lowest BCUT2D eigenvalue weighted by Gasteiger charge is -2.10. The van der Waals surface area contributed by atoms with Crippen LogP contribution in [-0.4, -0.2) is 77.5 Å². The molecule has 1 heterocycles. The highest BCUT2D eigenvalue weighted by molar-refractivity contribution is 7.85. The quantitative estimate of drug-likeness (QED) is 0.0602. The van der Waals surface area contributed by atoms with Crippen LogP contribution in [0.3, 0.4) is 0 Å². The molecule has 200 valence electrons. The molecule has 0 spiro atoms. The molecule has 16 heteroatoms. The number of ether oxygens (including phenoxy) is 1. The second-order valence-corrected chi connectivity index (χ2v) is 9.08. The molecular formula is C20H30ClN7O7S. The number of aryl methyl sites for hydroxylation is 1. The number of hydrogen-bond acceptors (Lipinski definition) is 12. The maximum absolute atomic E-state index is 12.0. The molecule has 2 rings (SSSR count). The van der Waals surface area contributed by atoms with Gasteiger partial charge in [-0.1, -0.05) is 23.7 Å². The number of hydrogen-bond donors (Lipinski definition) is 7. The molecule has 1 aromatic carbocycles. The van der Waals surface area contributed by atoms with Gasteiger partial charge in [0.05, 0.1) is 12.9 Å². The molecule has 0 saturated heterocycles. The van der Waals surface area contributed by atoms with Gasteiger partial charge in [0.2, 0.25) is 0 Å². The number of carbonyl (C=O) groups is 1. The van der Waals surface area contributed by atoms with Crippen molar-refractivity contribution in [3.8, 4) is 5.75 Å². The summed E-state index contributed by atoms with van der Waals surface area (Å²) in [4.78, 5) is 19.5. The highest BCUT2D eigenvalue weighted by Gasteiger charge is 2.14.